The highest BCUT2D eigenvalue weighted by Crippen LogP contribution is 2.35. The molecule has 5 heteroatoms. The fraction of sp³-hybridized carbons (Fsp3) is 0.938. The van der Waals surface area contributed by atoms with E-state index >= 15 is 0 Å². The summed E-state index contributed by atoms with van der Waals surface area (Å²) in [5.74, 6) is 0.436. The van der Waals surface area contributed by atoms with E-state index < -0.39 is 0 Å². The average molecular weight is 296 g/mol. The van der Waals surface area contributed by atoms with Crippen molar-refractivity contribution in [1.82, 2.24) is 10.2 Å². The fourth-order valence-corrected chi connectivity index (χ4v) is 4.07. The van der Waals surface area contributed by atoms with Crippen molar-refractivity contribution >= 4 is 6.03 Å². The number of amides is 2. The summed E-state index contributed by atoms with van der Waals surface area (Å²) in [5, 5.41) is 3.10. The third-order valence-electron chi connectivity index (χ3n) is 5.31. The van der Waals surface area contributed by atoms with Crippen molar-refractivity contribution in [1.29, 1.82) is 0 Å². The molecule has 3 unspecified atom stereocenters. The van der Waals surface area contributed by atoms with Gasteiger partial charge in [-0.2, -0.15) is 0 Å². The molecule has 0 bridgehead atoms. The van der Waals surface area contributed by atoms with Crippen LogP contribution in [0, 0.1) is 5.92 Å². The summed E-state index contributed by atoms with van der Waals surface area (Å²) in [4.78, 5) is 14.3. The number of nitrogens with one attached hydrogen (secondary N) is 1. The summed E-state index contributed by atoms with van der Waals surface area (Å²) in [6.45, 7) is 7.06. The molecule has 5 nitrogen and oxygen atoms in total. The lowest BCUT2D eigenvalue weighted by atomic mass is 9.99. The van der Waals surface area contributed by atoms with E-state index in [1.807, 2.05) is 4.90 Å². The normalized spacial score (nSPS) is 35.3. The summed E-state index contributed by atoms with van der Waals surface area (Å²) in [5.41, 5.74) is -0.0478. The molecule has 0 aromatic carbocycles. The van der Waals surface area contributed by atoms with Crippen LogP contribution in [-0.4, -0.2) is 55.0 Å². The number of nitrogens with zero attached hydrogens (tertiary/aromatic N) is 1. The minimum Gasteiger partial charge on any atom is -0.375 e. The molecule has 0 aromatic heterocycles. The molecule has 1 aliphatic carbocycles. The Balaban J connectivity index is 1.49. The molecular formula is C16H28N2O3. The van der Waals surface area contributed by atoms with Crippen molar-refractivity contribution in [2.75, 3.05) is 26.2 Å². The zero-order chi connectivity index (χ0) is 14.9. The van der Waals surface area contributed by atoms with Gasteiger partial charge in [0.25, 0.3) is 0 Å². The van der Waals surface area contributed by atoms with Crippen LogP contribution in [-0.2, 0) is 9.47 Å². The first-order chi connectivity index (χ1) is 10.1. The lowest BCUT2D eigenvalue weighted by molar-refractivity contribution is -0.0926. The maximum Gasteiger partial charge on any atom is 0.317 e. The van der Waals surface area contributed by atoms with Crippen LogP contribution >= 0.6 is 0 Å². The van der Waals surface area contributed by atoms with Crippen LogP contribution < -0.4 is 5.32 Å². The SMILES string of the molecule is CC1CC(CNC(=O)N2CCOC3(CCCC3)C2)C(C)O1. The number of carbonyl (C=O) groups is 1. The summed E-state index contributed by atoms with van der Waals surface area (Å²) in [7, 11) is 0. The first-order valence-electron chi connectivity index (χ1n) is 8.40. The van der Waals surface area contributed by atoms with Crippen molar-refractivity contribution in [3.63, 3.8) is 0 Å². The molecule has 0 aromatic rings. The summed E-state index contributed by atoms with van der Waals surface area (Å²) >= 11 is 0. The maximum atomic E-state index is 12.4. The summed E-state index contributed by atoms with van der Waals surface area (Å²) < 4.78 is 11.7. The lowest BCUT2D eigenvalue weighted by Crippen LogP contribution is -2.55. The van der Waals surface area contributed by atoms with Crippen molar-refractivity contribution < 1.29 is 14.3 Å². The average Bonchev–Trinajstić information content (AvgIpc) is 3.03. The molecule has 1 N–H and O–H groups in total. The second kappa shape index (κ2) is 6.13. The summed E-state index contributed by atoms with van der Waals surface area (Å²) in [6.07, 6.45) is 6.24. The molecule has 0 radical (unpaired) electrons. The molecule has 2 aliphatic heterocycles. The lowest BCUT2D eigenvalue weighted by Gasteiger charge is -2.40. The van der Waals surface area contributed by atoms with Crippen molar-refractivity contribution in [3.8, 4) is 0 Å². The highest BCUT2D eigenvalue weighted by molar-refractivity contribution is 5.74. The minimum absolute atomic E-state index is 0.0478. The largest absolute Gasteiger partial charge is 0.375 e. The minimum atomic E-state index is -0.0478. The van der Waals surface area contributed by atoms with E-state index in [1.54, 1.807) is 0 Å². The van der Waals surface area contributed by atoms with Gasteiger partial charge in [0.2, 0.25) is 0 Å². The van der Waals surface area contributed by atoms with Gasteiger partial charge in [0.05, 0.1) is 31.0 Å². The predicted molar refractivity (Wildman–Crippen MR) is 80.2 cm³/mol. The first-order valence-corrected chi connectivity index (χ1v) is 8.40. The highest BCUT2D eigenvalue weighted by atomic mass is 16.5. The van der Waals surface area contributed by atoms with Gasteiger partial charge in [-0.15, -0.1) is 0 Å². The number of carbonyl (C=O) groups excluding carboxylic acids is 1. The monoisotopic (exact) mass is 296 g/mol. The Kier molecular flexibility index (Phi) is 4.41. The van der Waals surface area contributed by atoms with Gasteiger partial charge in [0.1, 0.15) is 0 Å². The number of urea groups is 1. The van der Waals surface area contributed by atoms with Crippen LogP contribution in [0.3, 0.4) is 0 Å². The van der Waals surface area contributed by atoms with E-state index in [2.05, 4.69) is 19.2 Å². The third-order valence-corrected chi connectivity index (χ3v) is 5.31. The van der Waals surface area contributed by atoms with Crippen LogP contribution in [0.2, 0.25) is 0 Å². The van der Waals surface area contributed by atoms with E-state index in [4.69, 9.17) is 9.47 Å². The second-order valence-corrected chi connectivity index (χ2v) is 6.99. The van der Waals surface area contributed by atoms with Gasteiger partial charge in [-0.25, -0.2) is 4.79 Å². The Bertz CT molecular complexity index is 382. The Labute approximate surface area is 127 Å². The molecule has 1 saturated carbocycles. The van der Waals surface area contributed by atoms with Crippen LogP contribution in [0.15, 0.2) is 0 Å². The van der Waals surface area contributed by atoms with Crippen LogP contribution in [0.4, 0.5) is 4.79 Å². The predicted octanol–water partition coefficient (Wildman–Crippen LogP) is 2.15. The van der Waals surface area contributed by atoms with Gasteiger partial charge in [-0.05, 0) is 33.1 Å². The van der Waals surface area contributed by atoms with E-state index in [1.165, 1.54) is 12.8 Å². The fourth-order valence-electron chi connectivity index (χ4n) is 4.07. The molecule has 21 heavy (non-hydrogen) atoms. The number of rotatable bonds is 2. The molecule has 3 aliphatic rings. The molecule has 3 atom stereocenters. The second-order valence-electron chi connectivity index (χ2n) is 6.99. The topological polar surface area (TPSA) is 50.8 Å². The van der Waals surface area contributed by atoms with E-state index in [0.717, 1.165) is 25.8 Å². The number of hydrogen-bond donors (Lipinski definition) is 1. The van der Waals surface area contributed by atoms with Gasteiger partial charge in [-0.1, -0.05) is 12.8 Å². The van der Waals surface area contributed by atoms with E-state index in [-0.39, 0.29) is 17.7 Å². The molecule has 2 amide bonds. The quantitative estimate of drug-likeness (QED) is 0.849. The highest BCUT2D eigenvalue weighted by Gasteiger charge is 2.40. The standard InChI is InChI=1S/C16H28N2O3/c1-12-9-14(13(2)21-12)10-17-15(19)18-7-8-20-16(11-18)5-3-4-6-16/h12-14H,3-11H2,1-2H3,(H,17,19). The van der Waals surface area contributed by atoms with Crippen LogP contribution in [0.25, 0.3) is 0 Å². The molecule has 3 fully saturated rings. The molecular weight excluding hydrogens is 268 g/mol. The molecule has 1 spiro atoms. The third kappa shape index (κ3) is 3.34. The molecule has 3 rings (SSSR count). The Hall–Kier alpha value is -0.810. The van der Waals surface area contributed by atoms with Crippen LogP contribution in [0.1, 0.15) is 46.0 Å². The zero-order valence-electron chi connectivity index (χ0n) is 13.3. The zero-order valence-corrected chi connectivity index (χ0v) is 13.3. The molecule has 120 valence electrons. The Morgan fingerprint density at radius 2 is 2.10 bits per heavy atom. The molecule has 2 heterocycles. The number of ether oxygens (including phenoxy) is 2. The summed E-state index contributed by atoms with van der Waals surface area (Å²) in [6, 6.07) is 0.0660. The number of morpholine rings is 1. The van der Waals surface area contributed by atoms with Gasteiger partial charge >= 0.3 is 6.03 Å². The van der Waals surface area contributed by atoms with Gasteiger partial charge < -0.3 is 19.7 Å². The van der Waals surface area contributed by atoms with E-state index in [9.17, 15) is 4.79 Å². The van der Waals surface area contributed by atoms with Crippen molar-refractivity contribution in [2.45, 2.75) is 63.8 Å². The Morgan fingerprint density at radius 3 is 2.76 bits per heavy atom. The van der Waals surface area contributed by atoms with Crippen molar-refractivity contribution in [2.24, 2.45) is 5.92 Å². The van der Waals surface area contributed by atoms with Gasteiger partial charge in [0.15, 0.2) is 0 Å². The van der Waals surface area contributed by atoms with Crippen LogP contribution in [0.5, 0.6) is 0 Å². The number of hydrogen-bond acceptors (Lipinski definition) is 3. The molecule has 2 saturated heterocycles. The first kappa shape index (κ1) is 15.1. The maximum absolute atomic E-state index is 12.4. The van der Waals surface area contributed by atoms with Crippen molar-refractivity contribution in [3.05, 3.63) is 0 Å². The smallest absolute Gasteiger partial charge is 0.317 e. The Morgan fingerprint density at radius 1 is 1.33 bits per heavy atom. The van der Waals surface area contributed by atoms with Gasteiger partial charge in [0, 0.05) is 19.0 Å². The van der Waals surface area contributed by atoms with Gasteiger partial charge in [-0.3, -0.25) is 0 Å². The van der Waals surface area contributed by atoms with E-state index in [0.29, 0.717) is 31.7 Å².